The third-order valence-electron chi connectivity index (χ3n) is 2.21. The summed E-state index contributed by atoms with van der Waals surface area (Å²) in [6.45, 7) is 8.76. The molecule has 3 heteroatoms. The molecule has 1 aliphatic heterocycles. The zero-order chi connectivity index (χ0) is 7.56. The lowest BCUT2D eigenvalue weighted by Crippen LogP contribution is -2.54. The molecule has 0 radical (unpaired) electrons. The van der Waals surface area contributed by atoms with E-state index in [0.29, 0.717) is 6.04 Å². The Balaban J connectivity index is 2.33. The Kier molecular flexibility index (Phi) is 2.65. The molecule has 2 N–H and O–H groups in total. The lowest BCUT2D eigenvalue weighted by atomic mass is 10.2. The van der Waals surface area contributed by atoms with Crippen LogP contribution in [0.25, 0.3) is 0 Å². The Hall–Kier alpha value is -0.120. The van der Waals surface area contributed by atoms with Gasteiger partial charge in [-0.1, -0.05) is 6.92 Å². The van der Waals surface area contributed by atoms with Gasteiger partial charge < -0.3 is 4.90 Å². The summed E-state index contributed by atoms with van der Waals surface area (Å²) in [5.41, 5.74) is 0. The second-order valence-corrected chi connectivity index (χ2v) is 2.98. The summed E-state index contributed by atoms with van der Waals surface area (Å²) in [5.74, 6) is 5.70. The second-order valence-electron chi connectivity index (χ2n) is 2.98. The first kappa shape index (κ1) is 7.98. The number of piperazine rings is 1. The van der Waals surface area contributed by atoms with Crippen molar-refractivity contribution in [3.8, 4) is 0 Å². The lowest BCUT2D eigenvalue weighted by Gasteiger charge is -2.36. The van der Waals surface area contributed by atoms with Crippen molar-refractivity contribution in [3.63, 3.8) is 0 Å². The van der Waals surface area contributed by atoms with E-state index < -0.39 is 0 Å². The highest BCUT2D eigenvalue weighted by molar-refractivity contribution is 4.74. The Morgan fingerprint density at radius 3 is 2.70 bits per heavy atom. The van der Waals surface area contributed by atoms with Crippen LogP contribution in [0, 0.1) is 0 Å². The van der Waals surface area contributed by atoms with Crippen LogP contribution in [-0.2, 0) is 0 Å². The van der Waals surface area contributed by atoms with Gasteiger partial charge in [-0.2, -0.15) is 0 Å². The fourth-order valence-electron chi connectivity index (χ4n) is 1.33. The first-order chi connectivity index (χ1) is 4.74. The molecule has 1 saturated heterocycles. The minimum atomic E-state index is 0.522. The second kappa shape index (κ2) is 3.32. The van der Waals surface area contributed by atoms with Gasteiger partial charge in [-0.15, -0.1) is 0 Å². The maximum absolute atomic E-state index is 5.70. The summed E-state index contributed by atoms with van der Waals surface area (Å²) in [6.07, 6.45) is 0. The number of rotatable bonds is 1. The molecule has 60 valence electrons. The lowest BCUT2D eigenvalue weighted by molar-refractivity contribution is 0.0877. The number of hydrogen-bond acceptors (Lipinski definition) is 3. The number of hydrazine groups is 1. The molecule has 10 heavy (non-hydrogen) atoms. The first-order valence-electron chi connectivity index (χ1n) is 3.97. The Labute approximate surface area is 62.8 Å². The molecular formula is C7H17N3. The van der Waals surface area contributed by atoms with Crippen LogP contribution in [-0.4, -0.2) is 42.1 Å². The molecule has 1 aliphatic rings. The molecule has 0 aromatic carbocycles. The zero-order valence-corrected chi connectivity index (χ0v) is 6.88. The van der Waals surface area contributed by atoms with Gasteiger partial charge in [-0.05, 0) is 13.5 Å². The third kappa shape index (κ3) is 1.68. The average Bonchev–Trinajstić information content (AvgIpc) is 1.95. The summed E-state index contributed by atoms with van der Waals surface area (Å²) in [5, 5.41) is 1.92. The topological polar surface area (TPSA) is 32.5 Å². The van der Waals surface area contributed by atoms with Gasteiger partial charge >= 0.3 is 0 Å². The molecule has 1 rings (SSSR count). The van der Waals surface area contributed by atoms with Crippen LogP contribution in [0.3, 0.4) is 0 Å². The fraction of sp³-hybridized carbons (Fsp3) is 1.00. The number of nitrogens with zero attached hydrogens (tertiary/aromatic N) is 2. The maximum atomic E-state index is 5.70. The van der Waals surface area contributed by atoms with Crippen molar-refractivity contribution >= 4 is 0 Å². The molecule has 0 aliphatic carbocycles. The van der Waals surface area contributed by atoms with Gasteiger partial charge in [0.2, 0.25) is 0 Å². The maximum Gasteiger partial charge on any atom is 0.0340 e. The van der Waals surface area contributed by atoms with E-state index >= 15 is 0 Å². The van der Waals surface area contributed by atoms with E-state index in [9.17, 15) is 0 Å². The van der Waals surface area contributed by atoms with Crippen LogP contribution in [0.15, 0.2) is 0 Å². The largest absolute Gasteiger partial charge is 0.301 e. The van der Waals surface area contributed by atoms with Crippen molar-refractivity contribution in [3.05, 3.63) is 0 Å². The van der Waals surface area contributed by atoms with E-state index in [1.54, 1.807) is 0 Å². The summed E-state index contributed by atoms with van der Waals surface area (Å²) in [7, 11) is 0. The molecule has 1 heterocycles. The van der Waals surface area contributed by atoms with E-state index in [1.807, 2.05) is 5.01 Å². The molecule has 0 saturated carbocycles. The molecule has 1 unspecified atom stereocenters. The van der Waals surface area contributed by atoms with Gasteiger partial charge in [-0.3, -0.25) is 5.84 Å². The van der Waals surface area contributed by atoms with E-state index in [1.165, 1.54) is 0 Å². The van der Waals surface area contributed by atoms with Gasteiger partial charge in [0.05, 0.1) is 0 Å². The van der Waals surface area contributed by atoms with E-state index in [4.69, 9.17) is 5.84 Å². The van der Waals surface area contributed by atoms with Crippen LogP contribution >= 0.6 is 0 Å². The first-order valence-corrected chi connectivity index (χ1v) is 3.97. The van der Waals surface area contributed by atoms with Crippen LogP contribution in [0.4, 0.5) is 0 Å². The molecule has 3 nitrogen and oxygen atoms in total. The SMILES string of the molecule is CCN1CCN(N)C(C)C1. The highest BCUT2D eigenvalue weighted by Crippen LogP contribution is 2.03. The number of hydrogen-bond donors (Lipinski definition) is 1. The number of likely N-dealkylation sites (N-methyl/N-ethyl adjacent to an activating group) is 1. The van der Waals surface area contributed by atoms with Crippen molar-refractivity contribution in [1.29, 1.82) is 0 Å². The predicted molar refractivity (Wildman–Crippen MR) is 42.5 cm³/mol. The highest BCUT2D eigenvalue weighted by Gasteiger charge is 2.19. The Morgan fingerprint density at radius 2 is 2.20 bits per heavy atom. The summed E-state index contributed by atoms with van der Waals surface area (Å²) >= 11 is 0. The van der Waals surface area contributed by atoms with Gasteiger partial charge in [0.15, 0.2) is 0 Å². The average molecular weight is 143 g/mol. The fourth-order valence-corrected chi connectivity index (χ4v) is 1.33. The monoisotopic (exact) mass is 143 g/mol. The molecular weight excluding hydrogens is 126 g/mol. The standard InChI is InChI=1S/C7H17N3/c1-3-9-4-5-10(8)7(2)6-9/h7H,3-6,8H2,1-2H3. The molecule has 0 aromatic heterocycles. The summed E-state index contributed by atoms with van der Waals surface area (Å²) < 4.78 is 0. The molecule has 0 amide bonds. The van der Waals surface area contributed by atoms with Crippen LogP contribution in [0.5, 0.6) is 0 Å². The van der Waals surface area contributed by atoms with Crippen molar-refractivity contribution in [2.75, 3.05) is 26.2 Å². The van der Waals surface area contributed by atoms with E-state index in [2.05, 4.69) is 18.7 Å². The van der Waals surface area contributed by atoms with Crippen LogP contribution < -0.4 is 5.84 Å². The molecule has 0 bridgehead atoms. The zero-order valence-electron chi connectivity index (χ0n) is 6.88. The van der Waals surface area contributed by atoms with Crippen molar-refractivity contribution in [2.24, 2.45) is 5.84 Å². The van der Waals surface area contributed by atoms with E-state index in [-0.39, 0.29) is 0 Å². The summed E-state index contributed by atoms with van der Waals surface area (Å²) in [6, 6.07) is 0.522. The van der Waals surface area contributed by atoms with Crippen molar-refractivity contribution in [2.45, 2.75) is 19.9 Å². The Morgan fingerprint density at radius 1 is 1.50 bits per heavy atom. The van der Waals surface area contributed by atoms with Crippen molar-refractivity contribution in [1.82, 2.24) is 9.91 Å². The third-order valence-corrected chi connectivity index (χ3v) is 2.21. The predicted octanol–water partition coefficient (Wildman–Crippen LogP) is -0.114. The molecule has 0 spiro atoms. The van der Waals surface area contributed by atoms with Crippen LogP contribution in [0.1, 0.15) is 13.8 Å². The minimum Gasteiger partial charge on any atom is -0.301 e. The quantitative estimate of drug-likeness (QED) is 0.520. The number of nitrogens with two attached hydrogens (primary N) is 1. The highest BCUT2D eigenvalue weighted by atomic mass is 15.5. The van der Waals surface area contributed by atoms with Gasteiger partial charge in [0.1, 0.15) is 0 Å². The molecule has 1 fully saturated rings. The molecule has 1 atom stereocenters. The van der Waals surface area contributed by atoms with Gasteiger partial charge in [0, 0.05) is 25.7 Å². The molecule has 0 aromatic rings. The Bertz CT molecular complexity index is 105. The van der Waals surface area contributed by atoms with Gasteiger partial charge in [-0.25, -0.2) is 5.01 Å². The smallest absolute Gasteiger partial charge is 0.0340 e. The van der Waals surface area contributed by atoms with E-state index in [0.717, 1.165) is 26.2 Å². The van der Waals surface area contributed by atoms with Crippen LogP contribution in [0.2, 0.25) is 0 Å². The summed E-state index contributed by atoms with van der Waals surface area (Å²) in [4.78, 5) is 2.42. The normalized spacial score (nSPS) is 30.9. The minimum absolute atomic E-state index is 0.522. The van der Waals surface area contributed by atoms with Crippen molar-refractivity contribution < 1.29 is 0 Å². The van der Waals surface area contributed by atoms with Gasteiger partial charge in [0.25, 0.3) is 0 Å².